The van der Waals surface area contributed by atoms with Gasteiger partial charge < -0.3 is 10.6 Å². The topological polar surface area (TPSA) is 87.3 Å². The number of hydrogen-bond donors (Lipinski definition) is 3. The van der Waals surface area contributed by atoms with Crippen LogP contribution in [0.4, 0.5) is 4.79 Å². The second-order valence-electron chi connectivity index (χ2n) is 2.73. The maximum atomic E-state index is 11.0. The minimum atomic E-state index is -0.565. The minimum absolute atomic E-state index is 0.144. The molecule has 0 aromatic rings. The van der Waals surface area contributed by atoms with Crippen LogP contribution in [0.15, 0.2) is 0 Å². The van der Waals surface area contributed by atoms with E-state index in [0.717, 1.165) is 0 Å². The van der Waals surface area contributed by atoms with E-state index in [2.05, 4.69) is 16.0 Å². The van der Waals surface area contributed by atoms with Gasteiger partial charge in [0.15, 0.2) is 0 Å². The van der Waals surface area contributed by atoms with Gasteiger partial charge in [0.2, 0.25) is 5.91 Å². The summed E-state index contributed by atoms with van der Waals surface area (Å²) in [7, 11) is 1.52. The molecule has 1 heterocycles. The van der Waals surface area contributed by atoms with Crippen molar-refractivity contribution >= 4 is 17.8 Å². The van der Waals surface area contributed by atoms with Gasteiger partial charge in [0.25, 0.3) is 5.91 Å². The maximum Gasteiger partial charge on any atom is 0.322 e. The van der Waals surface area contributed by atoms with Gasteiger partial charge in [-0.15, -0.1) is 0 Å². The zero-order chi connectivity index (χ0) is 9.84. The minimum Gasteiger partial charge on any atom is -0.359 e. The average Bonchev–Trinajstić information content (AvgIpc) is 2.41. The molecule has 1 rings (SSSR count). The Bertz CT molecular complexity index is 251. The number of carbonyl (C=O) groups excluding carboxylic acids is 3. The summed E-state index contributed by atoms with van der Waals surface area (Å²) in [5.41, 5.74) is 0. The van der Waals surface area contributed by atoms with E-state index in [-0.39, 0.29) is 18.2 Å². The second kappa shape index (κ2) is 3.88. The number of imide groups is 1. The molecule has 1 atom stereocenters. The Morgan fingerprint density at radius 2 is 2.23 bits per heavy atom. The standard InChI is InChI=1S/C7H11N3O3/c1-8-5(11)3-2-4-6(12)10-7(13)9-4/h4H,2-3H2,1H3,(H,8,11)(H2,9,10,12,13). The van der Waals surface area contributed by atoms with Crippen LogP contribution in [0.25, 0.3) is 0 Å². The van der Waals surface area contributed by atoms with Gasteiger partial charge in [0.05, 0.1) is 0 Å². The van der Waals surface area contributed by atoms with E-state index < -0.39 is 12.1 Å². The van der Waals surface area contributed by atoms with Gasteiger partial charge in [-0.1, -0.05) is 0 Å². The molecule has 1 aliphatic heterocycles. The molecule has 6 heteroatoms. The highest BCUT2D eigenvalue weighted by Gasteiger charge is 2.29. The molecule has 4 amide bonds. The number of hydrogen-bond acceptors (Lipinski definition) is 3. The summed E-state index contributed by atoms with van der Waals surface area (Å²) in [5.74, 6) is -0.511. The molecule has 0 radical (unpaired) electrons. The van der Waals surface area contributed by atoms with Crippen LogP contribution in [0, 0.1) is 0 Å². The normalized spacial score (nSPS) is 20.8. The molecule has 1 unspecified atom stereocenters. The Morgan fingerprint density at radius 3 is 2.69 bits per heavy atom. The predicted octanol–water partition coefficient (Wildman–Crippen LogP) is -1.28. The van der Waals surface area contributed by atoms with E-state index in [0.29, 0.717) is 6.42 Å². The lowest BCUT2D eigenvalue weighted by atomic mass is 10.1. The van der Waals surface area contributed by atoms with Crippen molar-refractivity contribution in [2.45, 2.75) is 18.9 Å². The van der Waals surface area contributed by atoms with Crippen molar-refractivity contribution in [2.24, 2.45) is 0 Å². The van der Waals surface area contributed by atoms with Crippen molar-refractivity contribution < 1.29 is 14.4 Å². The Labute approximate surface area is 75.1 Å². The van der Waals surface area contributed by atoms with Gasteiger partial charge >= 0.3 is 6.03 Å². The lowest BCUT2D eigenvalue weighted by Gasteiger charge is -2.04. The molecule has 72 valence electrons. The molecule has 0 aliphatic carbocycles. The Balaban J connectivity index is 2.33. The average molecular weight is 185 g/mol. The first-order valence-electron chi connectivity index (χ1n) is 3.95. The number of amides is 4. The van der Waals surface area contributed by atoms with Crippen LogP contribution in [-0.4, -0.2) is 30.9 Å². The first kappa shape index (κ1) is 9.50. The Morgan fingerprint density at radius 1 is 1.54 bits per heavy atom. The third-order valence-electron chi connectivity index (χ3n) is 1.80. The lowest BCUT2D eigenvalue weighted by molar-refractivity contribution is -0.121. The highest BCUT2D eigenvalue weighted by Crippen LogP contribution is 2.01. The van der Waals surface area contributed by atoms with Gasteiger partial charge in [0.1, 0.15) is 6.04 Å². The van der Waals surface area contributed by atoms with Crippen molar-refractivity contribution in [1.29, 1.82) is 0 Å². The van der Waals surface area contributed by atoms with E-state index in [1.165, 1.54) is 7.05 Å². The highest BCUT2D eigenvalue weighted by atomic mass is 16.2. The molecule has 1 aliphatic rings. The van der Waals surface area contributed by atoms with Crippen molar-refractivity contribution in [3.05, 3.63) is 0 Å². The molecule has 0 bridgehead atoms. The van der Waals surface area contributed by atoms with Crippen LogP contribution in [0.3, 0.4) is 0 Å². The zero-order valence-corrected chi connectivity index (χ0v) is 7.22. The summed E-state index contributed by atoms with van der Waals surface area (Å²) < 4.78 is 0. The van der Waals surface area contributed by atoms with Crippen LogP contribution in [0.5, 0.6) is 0 Å². The fourth-order valence-corrected chi connectivity index (χ4v) is 1.06. The van der Waals surface area contributed by atoms with Gasteiger partial charge in [-0.05, 0) is 6.42 Å². The van der Waals surface area contributed by atoms with E-state index in [1.54, 1.807) is 0 Å². The molecule has 3 N–H and O–H groups in total. The molecule has 0 aromatic carbocycles. The number of carbonyl (C=O) groups is 3. The van der Waals surface area contributed by atoms with Crippen LogP contribution >= 0.6 is 0 Å². The monoisotopic (exact) mass is 185 g/mol. The molecule has 0 spiro atoms. The maximum absolute atomic E-state index is 11.0. The largest absolute Gasteiger partial charge is 0.359 e. The highest BCUT2D eigenvalue weighted by molar-refractivity contribution is 6.04. The van der Waals surface area contributed by atoms with Crippen LogP contribution in [-0.2, 0) is 9.59 Å². The van der Waals surface area contributed by atoms with E-state index in [1.807, 2.05) is 0 Å². The fourth-order valence-electron chi connectivity index (χ4n) is 1.06. The third-order valence-corrected chi connectivity index (χ3v) is 1.80. The van der Waals surface area contributed by atoms with Crippen LogP contribution < -0.4 is 16.0 Å². The first-order valence-corrected chi connectivity index (χ1v) is 3.95. The molecular weight excluding hydrogens is 174 g/mol. The fraction of sp³-hybridized carbons (Fsp3) is 0.571. The molecular formula is C7H11N3O3. The van der Waals surface area contributed by atoms with Crippen LogP contribution in [0.1, 0.15) is 12.8 Å². The van der Waals surface area contributed by atoms with Crippen molar-refractivity contribution in [3.8, 4) is 0 Å². The zero-order valence-electron chi connectivity index (χ0n) is 7.22. The van der Waals surface area contributed by atoms with Crippen LogP contribution in [0.2, 0.25) is 0 Å². The number of urea groups is 1. The molecule has 13 heavy (non-hydrogen) atoms. The number of rotatable bonds is 3. The summed E-state index contributed by atoms with van der Waals surface area (Å²) >= 11 is 0. The Hall–Kier alpha value is -1.59. The summed E-state index contributed by atoms with van der Waals surface area (Å²) in [5, 5.41) is 6.92. The predicted molar refractivity (Wildman–Crippen MR) is 43.8 cm³/mol. The van der Waals surface area contributed by atoms with Crippen molar-refractivity contribution in [1.82, 2.24) is 16.0 Å². The third kappa shape index (κ3) is 2.43. The summed E-state index contributed by atoms with van der Waals surface area (Å²) in [6.07, 6.45) is 0.562. The molecule has 0 saturated carbocycles. The van der Waals surface area contributed by atoms with Gasteiger partial charge in [-0.25, -0.2) is 4.79 Å². The van der Waals surface area contributed by atoms with E-state index in [4.69, 9.17) is 0 Å². The van der Waals surface area contributed by atoms with Gasteiger partial charge in [-0.2, -0.15) is 0 Å². The number of nitrogens with one attached hydrogen (secondary N) is 3. The quantitative estimate of drug-likeness (QED) is 0.478. The van der Waals surface area contributed by atoms with E-state index >= 15 is 0 Å². The smallest absolute Gasteiger partial charge is 0.322 e. The van der Waals surface area contributed by atoms with Gasteiger partial charge in [-0.3, -0.25) is 14.9 Å². The summed E-state index contributed by atoms with van der Waals surface area (Å²) in [6, 6.07) is -1.06. The molecule has 0 aromatic heterocycles. The Kier molecular flexibility index (Phi) is 2.84. The molecule has 6 nitrogen and oxygen atoms in total. The molecule has 1 saturated heterocycles. The van der Waals surface area contributed by atoms with Gasteiger partial charge in [0, 0.05) is 13.5 Å². The van der Waals surface area contributed by atoms with Crippen molar-refractivity contribution in [2.75, 3.05) is 7.05 Å². The van der Waals surface area contributed by atoms with Crippen molar-refractivity contribution in [3.63, 3.8) is 0 Å². The first-order chi connectivity index (χ1) is 6.13. The second-order valence-corrected chi connectivity index (χ2v) is 2.73. The lowest BCUT2D eigenvalue weighted by Crippen LogP contribution is -2.30. The summed E-state index contributed by atoms with van der Waals surface area (Å²) in [4.78, 5) is 32.4. The summed E-state index contributed by atoms with van der Waals surface area (Å²) in [6.45, 7) is 0. The molecule has 1 fully saturated rings. The SMILES string of the molecule is CNC(=O)CCC1NC(=O)NC1=O. The van der Waals surface area contributed by atoms with E-state index in [9.17, 15) is 14.4 Å².